The maximum Gasteiger partial charge on any atom is 0.307 e. The summed E-state index contributed by atoms with van der Waals surface area (Å²) < 4.78 is 10.4. The zero-order chi connectivity index (χ0) is 19.6. The third kappa shape index (κ3) is 6.58. The number of anilines is 2. The van der Waals surface area contributed by atoms with Crippen LogP contribution in [0.5, 0.6) is 0 Å². The molecule has 0 radical (unpaired) electrons. The molecule has 0 aliphatic carbocycles. The number of carbonyl (C=O) groups excluding carboxylic acids is 2. The summed E-state index contributed by atoms with van der Waals surface area (Å²) in [5, 5.41) is 2.74. The smallest absolute Gasteiger partial charge is 0.307 e. The van der Waals surface area contributed by atoms with E-state index in [0.717, 1.165) is 36.9 Å². The van der Waals surface area contributed by atoms with Gasteiger partial charge in [-0.15, -0.1) is 11.8 Å². The molecule has 1 aliphatic heterocycles. The fourth-order valence-corrected chi connectivity index (χ4v) is 3.62. The summed E-state index contributed by atoms with van der Waals surface area (Å²) in [6, 6.07) is 17.5. The van der Waals surface area contributed by atoms with Crippen LogP contribution in [0, 0.1) is 0 Å². The number of nitrogens with one attached hydrogen (secondary N) is 1. The van der Waals surface area contributed by atoms with Gasteiger partial charge in [-0.05, 0) is 36.4 Å². The van der Waals surface area contributed by atoms with Crippen molar-refractivity contribution in [3.8, 4) is 0 Å². The van der Waals surface area contributed by atoms with Crippen molar-refractivity contribution >= 4 is 35.0 Å². The number of morpholine rings is 1. The standard InChI is InChI=1S/C21H24N2O4S/c24-20(16-27-21(25)10-15-28-19-4-2-1-3-5-19)22-17-6-8-18(9-7-17)23-11-13-26-14-12-23/h1-9H,10-16H2,(H,22,24). The summed E-state index contributed by atoms with van der Waals surface area (Å²) >= 11 is 1.59. The van der Waals surface area contributed by atoms with Crippen LogP contribution in [0.25, 0.3) is 0 Å². The van der Waals surface area contributed by atoms with Crippen molar-refractivity contribution < 1.29 is 19.1 Å². The quantitative estimate of drug-likeness (QED) is 0.542. The number of hydrogen-bond donors (Lipinski definition) is 1. The molecule has 7 heteroatoms. The lowest BCUT2D eigenvalue weighted by molar-refractivity contribution is -0.146. The first-order chi connectivity index (χ1) is 13.7. The van der Waals surface area contributed by atoms with Crippen LogP contribution < -0.4 is 10.2 Å². The average molecular weight is 401 g/mol. The lowest BCUT2D eigenvalue weighted by Gasteiger charge is -2.28. The van der Waals surface area contributed by atoms with Crippen LogP contribution in [0.15, 0.2) is 59.5 Å². The maximum atomic E-state index is 12.0. The topological polar surface area (TPSA) is 67.9 Å². The van der Waals surface area contributed by atoms with Crippen molar-refractivity contribution in [2.75, 3.05) is 48.9 Å². The SMILES string of the molecule is O=C(COC(=O)CCSc1ccccc1)Nc1ccc(N2CCOCC2)cc1. The fraction of sp³-hybridized carbons (Fsp3) is 0.333. The number of rotatable bonds is 8. The maximum absolute atomic E-state index is 12.0. The van der Waals surface area contributed by atoms with Gasteiger partial charge in [0.05, 0.1) is 19.6 Å². The van der Waals surface area contributed by atoms with E-state index in [1.165, 1.54) is 0 Å². The summed E-state index contributed by atoms with van der Waals surface area (Å²) in [5.41, 5.74) is 1.78. The van der Waals surface area contributed by atoms with Crippen molar-refractivity contribution in [2.24, 2.45) is 0 Å². The molecule has 1 fully saturated rings. The van der Waals surface area contributed by atoms with Crippen molar-refractivity contribution in [1.82, 2.24) is 0 Å². The molecule has 0 bridgehead atoms. The second kappa shape index (κ2) is 10.7. The Bertz CT molecular complexity index is 762. The normalized spacial score (nSPS) is 13.8. The Balaban J connectivity index is 1.35. The second-order valence-corrected chi connectivity index (χ2v) is 7.43. The van der Waals surface area contributed by atoms with Crippen LogP contribution >= 0.6 is 11.8 Å². The molecule has 0 saturated carbocycles. The molecule has 1 aliphatic rings. The number of hydrogen-bond acceptors (Lipinski definition) is 6. The Morgan fingerprint density at radius 2 is 1.75 bits per heavy atom. The number of nitrogens with zero attached hydrogens (tertiary/aromatic N) is 1. The molecule has 1 heterocycles. The van der Waals surface area contributed by atoms with E-state index in [-0.39, 0.29) is 24.9 Å². The fourth-order valence-electron chi connectivity index (χ4n) is 2.76. The van der Waals surface area contributed by atoms with Crippen molar-refractivity contribution in [1.29, 1.82) is 0 Å². The first-order valence-electron chi connectivity index (χ1n) is 9.27. The number of thioether (sulfide) groups is 1. The third-order valence-electron chi connectivity index (χ3n) is 4.21. The highest BCUT2D eigenvalue weighted by Gasteiger charge is 2.12. The minimum absolute atomic E-state index is 0.265. The molecule has 0 unspecified atom stereocenters. The van der Waals surface area contributed by atoms with Gasteiger partial charge in [-0.3, -0.25) is 9.59 Å². The number of benzene rings is 2. The molecule has 1 N–H and O–H groups in total. The molecule has 2 aromatic carbocycles. The van der Waals surface area contributed by atoms with Crippen LogP contribution in [0.2, 0.25) is 0 Å². The molecule has 0 atom stereocenters. The minimum atomic E-state index is -0.374. The first kappa shape index (κ1) is 20.2. The molecule has 2 aromatic rings. The van der Waals surface area contributed by atoms with Crippen LogP contribution in [0.1, 0.15) is 6.42 Å². The molecule has 6 nitrogen and oxygen atoms in total. The number of carbonyl (C=O) groups is 2. The molecule has 28 heavy (non-hydrogen) atoms. The molecule has 3 rings (SSSR count). The molecule has 1 amide bonds. The average Bonchev–Trinajstić information content (AvgIpc) is 2.74. The van der Waals surface area contributed by atoms with Gasteiger partial charge in [0.2, 0.25) is 0 Å². The van der Waals surface area contributed by atoms with E-state index in [4.69, 9.17) is 9.47 Å². The Morgan fingerprint density at radius 3 is 2.46 bits per heavy atom. The zero-order valence-electron chi connectivity index (χ0n) is 15.6. The molecular weight excluding hydrogens is 376 g/mol. The summed E-state index contributed by atoms with van der Waals surface area (Å²) in [7, 11) is 0. The highest BCUT2D eigenvalue weighted by Crippen LogP contribution is 2.19. The number of amides is 1. The Hall–Kier alpha value is -2.51. The van der Waals surface area contributed by atoms with E-state index in [1.54, 1.807) is 11.8 Å². The summed E-state index contributed by atoms with van der Waals surface area (Å²) in [5.74, 6) is -0.0996. The molecule has 1 saturated heterocycles. The lowest BCUT2D eigenvalue weighted by atomic mass is 10.2. The summed E-state index contributed by atoms with van der Waals surface area (Å²) in [6.45, 7) is 2.91. The summed E-state index contributed by atoms with van der Waals surface area (Å²) in [6.07, 6.45) is 0.265. The Labute approximate surface area is 169 Å². The predicted octanol–water partition coefficient (Wildman–Crippen LogP) is 3.19. The zero-order valence-corrected chi connectivity index (χ0v) is 16.5. The van der Waals surface area contributed by atoms with Crippen molar-refractivity contribution in [3.63, 3.8) is 0 Å². The van der Waals surface area contributed by atoms with E-state index >= 15 is 0 Å². The van der Waals surface area contributed by atoms with Gasteiger partial charge in [0.1, 0.15) is 0 Å². The van der Waals surface area contributed by atoms with Gasteiger partial charge in [0, 0.05) is 35.1 Å². The van der Waals surface area contributed by atoms with E-state index < -0.39 is 0 Å². The van der Waals surface area contributed by atoms with Crippen LogP contribution in [0.3, 0.4) is 0 Å². The number of esters is 1. The highest BCUT2D eigenvalue weighted by molar-refractivity contribution is 7.99. The lowest BCUT2D eigenvalue weighted by Crippen LogP contribution is -2.36. The number of ether oxygens (including phenoxy) is 2. The van der Waals surface area contributed by atoms with Crippen LogP contribution in [0.4, 0.5) is 11.4 Å². The molecule has 0 spiro atoms. The second-order valence-electron chi connectivity index (χ2n) is 6.27. The van der Waals surface area contributed by atoms with Gasteiger partial charge in [-0.2, -0.15) is 0 Å². The molecule has 0 aromatic heterocycles. The van der Waals surface area contributed by atoms with E-state index in [9.17, 15) is 9.59 Å². The van der Waals surface area contributed by atoms with E-state index in [0.29, 0.717) is 11.4 Å². The summed E-state index contributed by atoms with van der Waals surface area (Å²) in [4.78, 5) is 27.1. The third-order valence-corrected chi connectivity index (χ3v) is 5.22. The van der Waals surface area contributed by atoms with E-state index in [1.807, 2.05) is 54.6 Å². The van der Waals surface area contributed by atoms with Gasteiger partial charge in [-0.1, -0.05) is 18.2 Å². The van der Waals surface area contributed by atoms with Crippen LogP contribution in [-0.2, 0) is 19.1 Å². The molecular formula is C21H24N2O4S. The minimum Gasteiger partial charge on any atom is -0.456 e. The van der Waals surface area contributed by atoms with Gasteiger partial charge >= 0.3 is 5.97 Å². The van der Waals surface area contributed by atoms with Crippen molar-refractivity contribution in [2.45, 2.75) is 11.3 Å². The highest BCUT2D eigenvalue weighted by atomic mass is 32.2. The molecule has 148 valence electrons. The monoisotopic (exact) mass is 400 g/mol. The van der Waals surface area contributed by atoms with Gasteiger partial charge in [-0.25, -0.2) is 0 Å². The largest absolute Gasteiger partial charge is 0.456 e. The van der Waals surface area contributed by atoms with Gasteiger partial charge in [0.25, 0.3) is 5.91 Å². The predicted molar refractivity (Wildman–Crippen MR) is 111 cm³/mol. The van der Waals surface area contributed by atoms with Crippen molar-refractivity contribution in [3.05, 3.63) is 54.6 Å². The Kier molecular flexibility index (Phi) is 7.75. The first-order valence-corrected chi connectivity index (χ1v) is 10.3. The Morgan fingerprint density at radius 1 is 1.04 bits per heavy atom. The van der Waals surface area contributed by atoms with Gasteiger partial charge < -0.3 is 19.7 Å². The van der Waals surface area contributed by atoms with E-state index in [2.05, 4.69) is 10.2 Å². The van der Waals surface area contributed by atoms with Crippen LogP contribution in [-0.4, -0.2) is 50.5 Å². The van der Waals surface area contributed by atoms with Gasteiger partial charge in [0.15, 0.2) is 6.61 Å².